The molecule has 0 N–H and O–H groups in total. The van der Waals surface area contributed by atoms with Gasteiger partial charge in [-0.3, -0.25) is 0 Å². The zero-order valence-electron chi connectivity index (χ0n) is 16.6. The predicted molar refractivity (Wildman–Crippen MR) is 108 cm³/mol. The highest BCUT2D eigenvalue weighted by Gasteiger charge is 2.35. The summed E-state index contributed by atoms with van der Waals surface area (Å²) in [6, 6.07) is 7.25. The minimum atomic E-state index is -4.57. The second kappa shape index (κ2) is 8.86. The number of rotatable bonds is 6. The standard InChI is InChI=1S/C21H24ClF3N2O/c1-6-27(5)12-26-19-11-17(21(23,24)25)20(9-14(19)4)28-15-7-8-18(22)16(10-15)13(2)3/h7-13H,6H2,1-5H3/b26-12-. The largest absolute Gasteiger partial charge is 0.457 e. The summed E-state index contributed by atoms with van der Waals surface area (Å²) in [5.74, 6) is 0.164. The van der Waals surface area contributed by atoms with E-state index >= 15 is 0 Å². The van der Waals surface area contributed by atoms with Crippen LogP contribution >= 0.6 is 11.6 Å². The Bertz CT molecular complexity index is 863. The molecule has 0 amide bonds. The first kappa shape index (κ1) is 22.1. The first-order chi connectivity index (χ1) is 13.0. The van der Waals surface area contributed by atoms with Gasteiger partial charge in [0.1, 0.15) is 17.1 Å². The maximum Gasteiger partial charge on any atom is 0.420 e. The number of hydrogen-bond acceptors (Lipinski definition) is 2. The third-order valence-corrected chi connectivity index (χ3v) is 4.66. The van der Waals surface area contributed by atoms with Crippen LogP contribution in [0.3, 0.4) is 0 Å². The third-order valence-electron chi connectivity index (χ3n) is 4.31. The smallest absolute Gasteiger partial charge is 0.420 e. The molecule has 0 aliphatic carbocycles. The number of aryl methyl sites for hydroxylation is 1. The zero-order valence-corrected chi connectivity index (χ0v) is 17.3. The highest BCUT2D eigenvalue weighted by Crippen LogP contribution is 2.42. The molecular formula is C21H24ClF3N2O. The second-order valence-electron chi connectivity index (χ2n) is 6.89. The summed E-state index contributed by atoms with van der Waals surface area (Å²) in [6.45, 7) is 8.24. The third kappa shape index (κ3) is 5.41. The van der Waals surface area contributed by atoms with Crippen LogP contribution < -0.4 is 4.74 Å². The molecule has 0 atom stereocenters. The van der Waals surface area contributed by atoms with Crippen LogP contribution in [0.5, 0.6) is 11.5 Å². The van der Waals surface area contributed by atoms with E-state index in [1.165, 1.54) is 12.4 Å². The Labute approximate surface area is 168 Å². The van der Waals surface area contributed by atoms with E-state index in [4.69, 9.17) is 16.3 Å². The van der Waals surface area contributed by atoms with Crippen LogP contribution in [0, 0.1) is 6.92 Å². The van der Waals surface area contributed by atoms with Crippen molar-refractivity contribution in [3.63, 3.8) is 0 Å². The fourth-order valence-corrected chi connectivity index (χ4v) is 2.85. The minimum Gasteiger partial charge on any atom is -0.457 e. The molecule has 0 heterocycles. The van der Waals surface area contributed by atoms with Gasteiger partial charge in [0.05, 0.1) is 12.0 Å². The number of nitrogens with zero attached hydrogens (tertiary/aromatic N) is 2. The predicted octanol–water partition coefficient (Wildman–Crippen LogP) is 7.19. The number of aliphatic imine (C=N–C) groups is 1. The first-order valence-corrected chi connectivity index (χ1v) is 9.34. The molecule has 152 valence electrons. The molecule has 3 nitrogen and oxygen atoms in total. The Hall–Kier alpha value is -2.21. The van der Waals surface area contributed by atoms with Crippen LogP contribution in [0.2, 0.25) is 5.02 Å². The Morgan fingerprint density at radius 3 is 2.46 bits per heavy atom. The summed E-state index contributed by atoms with van der Waals surface area (Å²) in [6.07, 6.45) is -3.06. The van der Waals surface area contributed by atoms with Crippen LogP contribution in [0.1, 0.15) is 43.4 Å². The van der Waals surface area contributed by atoms with Crippen molar-refractivity contribution in [1.29, 1.82) is 0 Å². The van der Waals surface area contributed by atoms with Crippen LogP contribution in [0.15, 0.2) is 35.3 Å². The summed E-state index contributed by atoms with van der Waals surface area (Å²) in [5.41, 5.74) is 0.777. The van der Waals surface area contributed by atoms with Crippen LogP contribution in [0.4, 0.5) is 18.9 Å². The quantitative estimate of drug-likeness (QED) is 0.370. The van der Waals surface area contributed by atoms with Gasteiger partial charge in [0.25, 0.3) is 0 Å². The van der Waals surface area contributed by atoms with Gasteiger partial charge in [-0.2, -0.15) is 13.2 Å². The lowest BCUT2D eigenvalue weighted by Crippen LogP contribution is -2.14. The minimum absolute atomic E-state index is 0.118. The normalized spacial score (nSPS) is 12.1. The fourth-order valence-electron chi connectivity index (χ4n) is 2.51. The molecule has 0 saturated heterocycles. The van der Waals surface area contributed by atoms with Gasteiger partial charge in [0.15, 0.2) is 0 Å². The van der Waals surface area contributed by atoms with Crippen molar-refractivity contribution < 1.29 is 17.9 Å². The number of alkyl halides is 3. The van der Waals surface area contributed by atoms with E-state index < -0.39 is 11.7 Å². The molecule has 2 rings (SSSR count). The maximum absolute atomic E-state index is 13.6. The Balaban J connectivity index is 2.48. The molecule has 28 heavy (non-hydrogen) atoms. The van der Waals surface area contributed by atoms with Gasteiger partial charge < -0.3 is 9.64 Å². The van der Waals surface area contributed by atoms with Crippen LogP contribution in [-0.2, 0) is 6.18 Å². The van der Waals surface area contributed by atoms with E-state index in [2.05, 4.69) is 4.99 Å². The van der Waals surface area contributed by atoms with E-state index in [0.29, 0.717) is 22.9 Å². The topological polar surface area (TPSA) is 24.8 Å². The molecule has 0 aliphatic rings. The summed E-state index contributed by atoms with van der Waals surface area (Å²) in [4.78, 5) is 5.95. The maximum atomic E-state index is 13.6. The SMILES string of the molecule is CCN(C)/C=N\c1cc(C(F)(F)F)c(Oc2ccc(Cl)c(C(C)C)c2)cc1C. The molecule has 2 aromatic rings. The number of halogens is 4. The van der Waals surface area contributed by atoms with Crippen molar-refractivity contribution in [2.24, 2.45) is 4.99 Å². The molecule has 0 fully saturated rings. The van der Waals surface area contributed by atoms with Crippen molar-refractivity contribution in [2.45, 2.75) is 39.8 Å². The average Bonchev–Trinajstić information content (AvgIpc) is 2.61. The van der Waals surface area contributed by atoms with Gasteiger partial charge in [0.2, 0.25) is 0 Å². The lowest BCUT2D eigenvalue weighted by atomic mass is 10.0. The summed E-state index contributed by atoms with van der Waals surface area (Å²) in [5, 5.41) is 0.555. The molecule has 0 bridgehead atoms. The molecular weight excluding hydrogens is 389 g/mol. The molecule has 2 aromatic carbocycles. The van der Waals surface area contributed by atoms with Crippen LogP contribution in [-0.4, -0.2) is 24.8 Å². The van der Waals surface area contributed by atoms with Crippen molar-refractivity contribution in [2.75, 3.05) is 13.6 Å². The highest BCUT2D eigenvalue weighted by molar-refractivity contribution is 6.31. The van der Waals surface area contributed by atoms with Crippen molar-refractivity contribution in [1.82, 2.24) is 4.90 Å². The highest BCUT2D eigenvalue weighted by atomic mass is 35.5. The van der Waals surface area contributed by atoms with Gasteiger partial charge >= 0.3 is 6.18 Å². The average molecular weight is 413 g/mol. The molecule has 0 aromatic heterocycles. The van der Waals surface area contributed by atoms with E-state index in [0.717, 1.165) is 11.6 Å². The van der Waals surface area contributed by atoms with E-state index in [9.17, 15) is 13.2 Å². The fraction of sp³-hybridized carbons (Fsp3) is 0.381. The van der Waals surface area contributed by atoms with Gasteiger partial charge in [0, 0.05) is 18.6 Å². The second-order valence-corrected chi connectivity index (χ2v) is 7.30. The summed E-state index contributed by atoms with van der Waals surface area (Å²) >= 11 is 6.16. The summed E-state index contributed by atoms with van der Waals surface area (Å²) in [7, 11) is 1.80. The number of ether oxygens (including phenoxy) is 1. The molecule has 0 unspecified atom stereocenters. The van der Waals surface area contributed by atoms with E-state index in [1.807, 2.05) is 20.8 Å². The van der Waals surface area contributed by atoms with Crippen molar-refractivity contribution in [3.8, 4) is 11.5 Å². The Morgan fingerprint density at radius 1 is 1.21 bits per heavy atom. The molecule has 0 radical (unpaired) electrons. The zero-order chi connectivity index (χ0) is 21.1. The molecule has 0 aliphatic heterocycles. The molecule has 0 spiro atoms. The Morgan fingerprint density at radius 2 is 1.89 bits per heavy atom. The monoisotopic (exact) mass is 412 g/mol. The summed E-state index contributed by atoms with van der Waals surface area (Å²) < 4.78 is 46.5. The molecule has 7 heteroatoms. The van der Waals surface area contributed by atoms with Gasteiger partial charge in [-0.1, -0.05) is 25.4 Å². The first-order valence-electron chi connectivity index (χ1n) is 8.96. The van der Waals surface area contributed by atoms with Gasteiger partial charge in [-0.05, 0) is 61.2 Å². The lowest BCUT2D eigenvalue weighted by molar-refractivity contribution is -0.138. The van der Waals surface area contributed by atoms with Gasteiger partial charge in [-0.25, -0.2) is 4.99 Å². The van der Waals surface area contributed by atoms with E-state index in [1.54, 1.807) is 37.1 Å². The Kier molecular flexibility index (Phi) is 6.99. The van der Waals surface area contributed by atoms with Crippen LogP contribution in [0.25, 0.3) is 0 Å². The lowest BCUT2D eigenvalue weighted by Gasteiger charge is -2.17. The van der Waals surface area contributed by atoms with E-state index in [-0.39, 0.29) is 17.4 Å². The molecule has 0 saturated carbocycles. The van der Waals surface area contributed by atoms with Crippen molar-refractivity contribution in [3.05, 3.63) is 52.0 Å². The number of benzene rings is 2. The van der Waals surface area contributed by atoms with Gasteiger partial charge in [-0.15, -0.1) is 0 Å². The number of hydrogen-bond donors (Lipinski definition) is 0. The van der Waals surface area contributed by atoms with Crippen molar-refractivity contribution >= 4 is 23.6 Å².